The van der Waals surface area contributed by atoms with Crippen LogP contribution in [0.2, 0.25) is 5.02 Å². The van der Waals surface area contributed by atoms with Crippen molar-refractivity contribution >= 4 is 46.7 Å². The molecule has 0 saturated carbocycles. The van der Waals surface area contributed by atoms with Crippen molar-refractivity contribution in [1.82, 2.24) is 10.2 Å². The minimum atomic E-state index is -1.27. The van der Waals surface area contributed by atoms with E-state index in [1.165, 1.54) is 0 Å². The van der Waals surface area contributed by atoms with Crippen LogP contribution in [-0.2, 0) is 19.9 Å². The number of nitrogens with one attached hydrogen (secondary N) is 2. The summed E-state index contributed by atoms with van der Waals surface area (Å²) in [5.41, 5.74) is 0.581. The molecule has 0 bridgehead atoms. The maximum absolute atomic E-state index is 12.9. The minimum absolute atomic E-state index is 0.0825. The van der Waals surface area contributed by atoms with Gasteiger partial charge in [0.2, 0.25) is 11.8 Å². The normalized spacial score (nSPS) is 20.9. The lowest BCUT2D eigenvalue weighted by molar-refractivity contribution is -0.133. The molecule has 0 aromatic heterocycles. The highest BCUT2D eigenvalue weighted by Crippen LogP contribution is 2.29. The Labute approximate surface area is 184 Å². The lowest BCUT2D eigenvalue weighted by Crippen LogP contribution is -2.42. The van der Waals surface area contributed by atoms with Crippen LogP contribution in [-0.4, -0.2) is 41.7 Å². The van der Waals surface area contributed by atoms with E-state index in [2.05, 4.69) is 10.6 Å². The summed E-state index contributed by atoms with van der Waals surface area (Å²) < 4.78 is 0. The number of carbonyl (C=O) groups is 4. The molecule has 2 N–H and O–H groups in total. The molecule has 0 spiro atoms. The van der Waals surface area contributed by atoms with Gasteiger partial charge in [0.05, 0.1) is 0 Å². The van der Waals surface area contributed by atoms with E-state index in [1.54, 1.807) is 60.4 Å². The molecule has 2 saturated heterocycles. The van der Waals surface area contributed by atoms with Gasteiger partial charge in [-0.25, -0.2) is 4.79 Å². The molecule has 1 unspecified atom stereocenters. The highest BCUT2D eigenvalue weighted by Gasteiger charge is 2.49. The molecule has 5 amide bonds. The van der Waals surface area contributed by atoms with E-state index in [9.17, 15) is 19.2 Å². The summed E-state index contributed by atoms with van der Waals surface area (Å²) in [7, 11) is 0. The van der Waals surface area contributed by atoms with Crippen molar-refractivity contribution in [3.05, 3.63) is 59.1 Å². The van der Waals surface area contributed by atoms with Gasteiger partial charge in [-0.3, -0.25) is 19.3 Å². The molecular weight excluding hydrogens is 420 g/mol. The van der Waals surface area contributed by atoms with Crippen LogP contribution in [0.3, 0.4) is 0 Å². The SMILES string of the molecule is CC1(c2ccc(Cl)cc2)NC(=O)N(CC(=O)Nc2ccc(N3CCCC3=O)cc2)C1=O. The van der Waals surface area contributed by atoms with Crippen molar-refractivity contribution in [3.63, 3.8) is 0 Å². The van der Waals surface area contributed by atoms with Crippen LogP contribution in [0, 0.1) is 0 Å². The lowest BCUT2D eigenvalue weighted by atomic mass is 9.92. The maximum atomic E-state index is 12.9. The van der Waals surface area contributed by atoms with E-state index in [-0.39, 0.29) is 5.91 Å². The number of hydrogen-bond donors (Lipinski definition) is 2. The zero-order chi connectivity index (χ0) is 22.2. The first-order chi connectivity index (χ1) is 14.8. The summed E-state index contributed by atoms with van der Waals surface area (Å²) in [5.74, 6) is -0.939. The van der Waals surface area contributed by atoms with Gasteiger partial charge in [-0.05, 0) is 55.3 Å². The molecule has 160 valence electrons. The fourth-order valence-corrected chi connectivity index (χ4v) is 3.94. The molecule has 8 nitrogen and oxygen atoms in total. The van der Waals surface area contributed by atoms with Crippen LogP contribution in [0.5, 0.6) is 0 Å². The number of amides is 5. The summed E-state index contributed by atoms with van der Waals surface area (Å²) in [6.07, 6.45) is 1.37. The second-order valence-electron chi connectivity index (χ2n) is 7.70. The number of imide groups is 1. The quantitative estimate of drug-likeness (QED) is 0.698. The molecule has 4 rings (SSSR count). The highest BCUT2D eigenvalue weighted by molar-refractivity contribution is 6.30. The number of carbonyl (C=O) groups excluding carboxylic acids is 4. The maximum Gasteiger partial charge on any atom is 0.325 e. The van der Waals surface area contributed by atoms with Crippen molar-refractivity contribution in [2.45, 2.75) is 25.3 Å². The number of halogens is 1. The Kier molecular flexibility index (Phi) is 5.41. The lowest BCUT2D eigenvalue weighted by Gasteiger charge is -2.22. The van der Waals surface area contributed by atoms with Crippen LogP contribution >= 0.6 is 11.6 Å². The van der Waals surface area contributed by atoms with Gasteiger partial charge < -0.3 is 15.5 Å². The minimum Gasteiger partial charge on any atom is -0.325 e. The topological polar surface area (TPSA) is 98.8 Å². The standard InChI is InChI=1S/C22H21ClN4O4/c1-22(14-4-6-15(23)7-5-14)20(30)27(21(31)25-22)13-18(28)24-16-8-10-17(11-9-16)26-12-2-3-19(26)29/h4-11H,2-3,12-13H2,1H3,(H,24,28)(H,25,31). The first-order valence-electron chi connectivity index (χ1n) is 9.88. The summed E-state index contributed by atoms with van der Waals surface area (Å²) in [4.78, 5) is 52.2. The van der Waals surface area contributed by atoms with Gasteiger partial charge in [0.1, 0.15) is 12.1 Å². The molecule has 2 heterocycles. The zero-order valence-corrected chi connectivity index (χ0v) is 17.6. The molecule has 2 aliphatic rings. The summed E-state index contributed by atoms with van der Waals surface area (Å²) in [6, 6.07) is 12.8. The van der Waals surface area contributed by atoms with Gasteiger partial charge in [-0.1, -0.05) is 23.7 Å². The Hall–Kier alpha value is -3.39. The monoisotopic (exact) mass is 440 g/mol. The first kappa shape index (κ1) is 20.9. The van der Waals surface area contributed by atoms with Crippen molar-refractivity contribution < 1.29 is 19.2 Å². The zero-order valence-electron chi connectivity index (χ0n) is 16.9. The number of nitrogens with zero attached hydrogens (tertiary/aromatic N) is 2. The van der Waals surface area contributed by atoms with E-state index in [0.29, 0.717) is 29.2 Å². The highest BCUT2D eigenvalue weighted by atomic mass is 35.5. The van der Waals surface area contributed by atoms with Gasteiger partial charge in [0.15, 0.2) is 0 Å². The molecule has 9 heteroatoms. The smallest absolute Gasteiger partial charge is 0.325 e. The number of anilines is 2. The number of urea groups is 1. The second kappa shape index (κ2) is 8.03. The van der Waals surface area contributed by atoms with Crippen LogP contribution < -0.4 is 15.5 Å². The molecule has 31 heavy (non-hydrogen) atoms. The molecule has 0 aliphatic carbocycles. The van der Waals surface area contributed by atoms with E-state index in [1.807, 2.05) is 0 Å². The Bertz CT molecular complexity index is 1050. The molecule has 2 aromatic carbocycles. The second-order valence-corrected chi connectivity index (χ2v) is 8.13. The fraction of sp³-hybridized carbons (Fsp3) is 0.273. The molecule has 0 radical (unpaired) electrons. The Balaban J connectivity index is 1.41. The van der Waals surface area contributed by atoms with E-state index < -0.39 is 29.9 Å². The molecule has 2 aromatic rings. The van der Waals surface area contributed by atoms with E-state index in [0.717, 1.165) is 17.0 Å². The van der Waals surface area contributed by atoms with Crippen molar-refractivity contribution in [2.75, 3.05) is 23.3 Å². The molecule has 2 aliphatic heterocycles. The van der Waals surface area contributed by atoms with E-state index >= 15 is 0 Å². The number of rotatable bonds is 5. The van der Waals surface area contributed by atoms with Crippen molar-refractivity contribution in [1.29, 1.82) is 0 Å². The Morgan fingerprint density at radius 1 is 1.10 bits per heavy atom. The third-order valence-corrected chi connectivity index (χ3v) is 5.79. The van der Waals surface area contributed by atoms with Crippen molar-refractivity contribution in [2.24, 2.45) is 0 Å². The van der Waals surface area contributed by atoms with Crippen LogP contribution in [0.15, 0.2) is 48.5 Å². The Morgan fingerprint density at radius 2 is 1.77 bits per heavy atom. The molecule has 1 atom stereocenters. The van der Waals surface area contributed by atoms with Gasteiger partial charge >= 0.3 is 6.03 Å². The first-order valence-corrected chi connectivity index (χ1v) is 10.3. The number of benzene rings is 2. The largest absolute Gasteiger partial charge is 0.325 e. The Morgan fingerprint density at radius 3 is 2.39 bits per heavy atom. The van der Waals surface area contributed by atoms with Crippen LogP contribution in [0.1, 0.15) is 25.3 Å². The average molecular weight is 441 g/mol. The van der Waals surface area contributed by atoms with Gasteiger partial charge in [-0.2, -0.15) is 0 Å². The van der Waals surface area contributed by atoms with Crippen LogP contribution in [0.4, 0.5) is 16.2 Å². The molecule has 2 fully saturated rings. The molecular formula is C22H21ClN4O4. The predicted octanol–water partition coefficient (Wildman–Crippen LogP) is 2.87. The van der Waals surface area contributed by atoms with Crippen molar-refractivity contribution in [3.8, 4) is 0 Å². The van der Waals surface area contributed by atoms with E-state index in [4.69, 9.17) is 11.6 Å². The summed E-state index contributed by atoms with van der Waals surface area (Å²) in [5, 5.41) is 5.85. The number of hydrogen-bond acceptors (Lipinski definition) is 4. The summed E-state index contributed by atoms with van der Waals surface area (Å²) in [6.45, 7) is 1.86. The fourth-order valence-electron chi connectivity index (χ4n) is 3.81. The third-order valence-electron chi connectivity index (χ3n) is 5.53. The van der Waals surface area contributed by atoms with Gasteiger partial charge in [0, 0.05) is 29.4 Å². The third kappa shape index (κ3) is 3.98. The van der Waals surface area contributed by atoms with Gasteiger partial charge in [-0.15, -0.1) is 0 Å². The van der Waals surface area contributed by atoms with Gasteiger partial charge in [0.25, 0.3) is 5.91 Å². The van der Waals surface area contributed by atoms with Crippen LogP contribution in [0.25, 0.3) is 0 Å². The summed E-state index contributed by atoms with van der Waals surface area (Å²) >= 11 is 5.90. The predicted molar refractivity (Wildman–Crippen MR) is 116 cm³/mol. The average Bonchev–Trinajstić information content (AvgIpc) is 3.26.